The van der Waals surface area contributed by atoms with E-state index in [1.54, 1.807) is 16.1 Å². The minimum Gasteiger partial charge on any atom is -0.388 e. The van der Waals surface area contributed by atoms with E-state index >= 15 is 0 Å². The Hall–Kier alpha value is -8.93. The molecule has 2 aliphatic carbocycles. The lowest BCUT2D eigenvalue weighted by molar-refractivity contribution is -0.123. The van der Waals surface area contributed by atoms with Gasteiger partial charge in [0.25, 0.3) is 0 Å². The molecule has 478 valence electrons. The number of hydrogen-bond donors (Lipinski definition) is 11. The molecule has 26 nitrogen and oxygen atoms in total. The van der Waals surface area contributed by atoms with Crippen molar-refractivity contribution in [2.24, 2.45) is 0 Å². The van der Waals surface area contributed by atoms with E-state index in [0.29, 0.717) is 73.0 Å². The van der Waals surface area contributed by atoms with E-state index in [2.05, 4.69) is 60.3 Å². The van der Waals surface area contributed by atoms with Gasteiger partial charge in [0.15, 0.2) is 34.0 Å². The van der Waals surface area contributed by atoms with Crippen molar-refractivity contribution >= 4 is 73.9 Å². The predicted octanol–water partition coefficient (Wildman–Crippen LogP) is 3.52. The van der Waals surface area contributed by atoms with Crippen molar-refractivity contribution < 1.29 is 47.6 Å². The number of nitrogens with one attached hydrogen (secondary N) is 7. The molecule has 4 fully saturated rings. The summed E-state index contributed by atoms with van der Waals surface area (Å²) in [6.07, 6.45) is -1.42. The molecule has 4 aliphatic rings. The Balaban J connectivity index is 0.742. The number of rotatable bonds is 23. The number of nitrogens with zero attached hydrogens (tertiary/aromatic N) is 10. The Morgan fingerprint density at radius 3 is 1.42 bits per heavy atom. The highest BCUT2D eigenvalue weighted by molar-refractivity contribution is 7.88. The highest BCUT2D eigenvalue weighted by Gasteiger charge is 2.46. The number of aliphatic hydroxyl groups excluding tert-OH is 4. The van der Waals surface area contributed by atoms with Crippen molar-refractivity contribution in [2.75, 3.05) is 66.4 Å². The summed E-state index contributed by atoms with van der Waals surface area (Å²) in [5.41, 5.74) is 5.67. The fraction of sp³-hybridized carbons (Fsp3) is 0.413. The maximum atomic E-state index is 13.8. The summed E-state index contributed by atoms with van der Waals surface area (Å²) in [4.78, 5) is 71.5. The van der Waals surface area contributed by atoms with E-state index < -0.39 is 89.5 Å². The van der Waals surface area contributed by atoms with Crippen LogP contribution in [0.3, 0.4) is 0 Å². The molecule has 0 bridgehead atoms. The van der Waals surface area contributed by atoms with E-state index in [1.807, 2.05) is 107 Å². The molecule has 6 heterocycles. The molecule has 4 aromatic heterocycles. The van der Waals surface area contributed by atoms with Gasteiger partial charge < -0.3 is 65.9 Å². The minimum atomic E-state index is -4.46. The molecular weight excluding hydrogens is 1190 g/mol. The van der Waals surface area contributed by atoms with Gasteiger partial charge in [-0.2, -0.15) is 33.1 Å². The number of fused-ring (bicyclic) bond motifs is 2. The number of carbonyl (C=O) groups is 3. The van der Waals surface area contributed by atoms with Gasteiger partial charge in [0.1, 0.15) is 24.4 Å². The van der Waals surface area contributed by atoms with Gasteiger partial charge in [0.05, 0.1) is 49.9 Å². The third-order valence-electron chi connectivity index (χ3n) is 17.8. The smallest absolute Gasteiger partial charge is 0.329 e. The van der Waals surface area contributed by atoms with Crippen LogP contribution in [0.25, 0.3) is 22.3 Å². The number of halogens is 1. The van der Waals surface area contributed by atoms with Crippen LogP contribution in [-0.4, -0.2) is 180 Å². The van der Waals surface area contributed by atoms with Gasteiger partial charge in [0, 0.05) is 69.6 Å². The highest BCUT2D eigenvalue weighted by atomic mass is 32.2. The topological polar surface area (TPSA) is 344 Å². The standard InChI is InChI=1S/C63H74FN17O9S/c1-2-49(82)70-45-29-47(55(86)53(45)84)80-35-67-52-58(66-32-44(39-19-11-5-12-20-39)40-21-13-6-14-22-40)73-62(75-60(52)80)79-28-25-42(34-79)76-91(89,90)77-63(88)69-41-24-27-78(33-41)61-72-57(65-31-43(37-15-7-3-8-16-37)38-17-9-4-10-18-38)51-59(74-61)81(36-68-51)48-30-46(54(85)56(48)87)71-50(83)23-26-64/h3-22,35-36,41-48,53-56,76,84-87H,2,23-34H2,1H3,(H,70,82)(H,71,83)(H,65,72,74)(H,66,73,75)(H2,69,77,88)/t41-,42-,45+,46+,47?,48-,53-,54-,55+,56+/m1/s1. The van der Waals surface area contributed by atoms with Crippen LogP contribution in [0, 0.1) is 0 Å². The SMILES string of the molecule is CCC(=O)N[C@H]1CC(n2cnc3c(NCC(c4ccccc4)c4ccccc4)nc(N4CC[C@@H](NS(=O)(=O)NC(=O)N[C@@H]5CCN(c6nc(NCC(c7ccccc7)c7ccccc7)c7ncn([C@@H]8C[C@H](NC(=O)CCF)[C@@H](O)[C@H]8O)c7n6)C5)C4)nc32)[C@H](O)[C@@H]1O. The number of imidazole rings is 2. The molecule has 2 saturated heterocycles. The number of alkyl halides is 1. The normalized spacial score (nSPS) is 23.3. The van der Waals surface area contributed by atoms with Crippen LogP contribution in [0.2, 0.25) is 0 Å². The van der Waals surface area contributed by atoms with Crippen molar-refractivity contribution in [3.8, 4) is 0 Å². The number of aliphatic hydroxyl groups is 4. The van der Waals surface area contributed by atoms with E-state index in [4.69, 9.17) is 29.9 Å². The van der Waals surface area contributed by atoms with Crippen LogP contribution in [0.4, 0.5) is 32.7 Å². The third kappa shape index (κ3) is 13.7. The lowest BCUT2D eigenvalue weighted by Crippen LogP contribution is -2.51. The molecule has 8 aromatic rings. The molecular formula is C63H74FN17O9S. The van der Waals surface area contributed by atoms with Crippen LogP contribution in [-0.2, 0) is 19.8 Å². The predicted molar refractivity (Wildman–Crippen MR) is 338 cm³/mol. The second-order valence-corrected chi connectivity index (χ2v) is 25.1. The summed E-state index contributed by atoms with van der Waals surface area (Å²) in [5.74, 6) is 0.163. The molecule has 2 saturated carbocycles. The van der Waals surface area contributed by atoms with Gasteiger partial charge >= 0.3 is 16.2 Å². The Morgan fingerprint density at radius 2 is 0.989 bits per heavy atom. The quantitative estimate of drug-likeness (QED) is 0.0436. The van der Waals surface area contributed by atoms with Gasteiger partial charge in [-0.05, 0) is 47.9 Å². The lowest BCUT2D eigenvalue weighted by atomic mass is 9.91. The van der Waals surface area contributed by atoms with Gasteiger partial charge in [-0.3, -0.25) is 14.0 Å². The molecule has 0 radical (unpaired) electrons. The van der Waals surface area contributed by atoms with Crippen LogP contribution in [0.15, 0.2) is 134 Å². The second kappa shape index (κ2) is 27.3. The lowest BCUT2D eigenvalue weighted by Gasteiger charge is -2.22. The Labute approximate surface area is 524 Å². The number of aromatic nitrogens is 8. The number of carbonyl (C=O) groups excluding carboxylic acids is 3. The zero-order valence-electron chi connectivity index (χ0n) is 49.9. The van der Waals surface area contributed by atoms with Crippen molar-refractivity contribution in [1.82, 2.24) is 64.4 Å². The number of amides is 4. The molecule has 4 amide bonds. The summed E-state index contributed by atoms with van der Waals surface area (Å²) < 4.78 is 48.8. The molecule has 12 rings (SSSR count). The fourth-order valence-electron chi connectivity index (χ4n) is 13.0. The maximum absolute atomic E-state index is 13.8. The Morgan fingerprint density at radius 1 is 0.571 bits per heavy atom. The van der Waals surface area contributed by atoms with Gasteiger partial charge in [-0.25, -0.2) is 19.5 Å². The van der Waals surface area contributed by atoms with Crippen molar-refractivity contribution in [3.63, 3.8) is 0 Å². The summed E-state index contributed by atoms with van der Waals surface area (Å²) in [6, 6.07) is 34.7. The summed E-state index contributed by atoms with van der Waals surface area (Å²) >= 11 is 0. The van der Waals surface area contributed by atoms with E-state index in [-0.39, 0.29) is 68.4 Å². The number of anilines is 4. The monoisotopic (exact) mass is 1260 g/mol. The first-order valence-electron chi connectivity index (χ1n) is 30.8. The van der Waals surface area contributed by atoms with Gasteiger partial charge in [-0.1, -0.05) is 128 Å². The second-order valence-electron chi connectivity index (χ2n) is 23.7. The first-order chi connectivity index (χ1) is 44.1. The molecule has 11 N–H and O–H groups in total. The maximum Gasteiger partial charge on any atom is 0.329 e. The number of urea groups is 1. The van der Waals surface area contributed by atoms with Crippen LogP contribution in [0.5, 0.6) is 0 Å². The average Bonchev–Trinajstić information content (AvgIpc) is 1.66. The first kappa shape index (κ1) is 62.3. The Kier molecular flexibility index (Phi) is 18.7. The van der Waals surface area contributed by atoms with E-state index in [9.17, 15) is 47.6 Å². The molecule has 91 heavy (non-hydrogen) atoms. The Bertz CT molecular complexity index is 3880. The third-order valence-corrected chi connectivity index (χ3v) is 18.9. The summed E-state index contributed by atoms with van der Waals surface area (Å²) in [5, 5.41) is 60.3. The molecule has 1 unspecified atom stereocenters. The van der Waals surface area contributed by atoms with Crippen molar-refractivity contribution in [3.05, 3.63) is 156 Å². The molecule has 4 aromatic carbocycles. The number of benzene rings is 4. The first-order valence-corrected chi connectivity index (χ1v) is 32.2. The highest BCUT2D eigenvalue weighted by Crippen LogP contribution is 2.38. The van der Waals surface area contributed by atoms with E-state index in [0.717, 1.165) is 22.3 Å². The summed E-state index contributed by atoms with van der Waals surface area (Å²) in [6.45, 7) is 2.57. The van der Waals surface area contributed by atoms with Gasteiger partial charge in [-0.15, -0.1) is 0 Å². The van der Waals surface area contributed by atoms with Crippen LogP contribution in [0.1, 0.15) is 91.6 Å². The zero-order chi connectivity index (χ0) is 63.3. The summed E-state index contributed by atoms with van der Waals surface area (Å²) in [7, 11) is -4.46. The largest absolute Gasteiger partial charge is 0.388 e. The van der Waals surface area contributed by atoms with Crippen molar-refractivity contribution in [1.29, 1.82) is 0 Å². The molecule has 0 spiro atoms. The molecule has 2 aliphatic heterocycles. The van der Waals surface area contributed by atoms with E-state index in [1.165, 1.54) is 12.7 Å². The number of hydrogen-bond acceptors (Lipinski definition) is 19. The molecule has 10 atom stereocenters. The average molecular weight is 1260 g/mol. The fourth-order valence-corrected chi connectivity index (χ4v) is 14.0. The van der Waals surface area contributed by atoms with Crippen molar-refractivity contribution in [2.45, 2.75) is 118 Å². The minimum absolute atomic E-state index is 0.0893. The van der Waals surface area contributed by atoms with Gasteiger partial charge in [0.2, 0.25) is 23.7 Å². The zero-order valence-corrected chi connectivity index (χ0v) is 50.7. The van der Waals surface area contributed by atoms with Crippen LogP contribution < -0.4 is 45.8 Å². The molecule has 28 heteroatoms. The van der Waals surface area contributed by atoms with Crippen LogP contribution >= 0.6 is 0 Å².